The average molecular weight is 486 g/mol. The van der Waals surface area contributed by atoms with Crippen LogP contribution < -0.4 is 16.0 Å². The van der Waals surface area contributed by atoms with E-state index in [1.165, 1.54) is 0 Å². The van der Waals surface area contributed by atoms with Gasteiger partial charge in [-0.1, -0.05) is 42.5 Å². The number of carbonyl (C=O) groups excluding carboxylic acids is 2. The van der Waals surface area contributed by atoms with E-state index in [4.69, 9.17) is 0 Å². The van der Waals surface area contributed by atoms with E-state index in [0.717, 1.165) is 11.4 Å². The fraction of sp³-hybridized carbons (Fsp3) is 0. The molecule has 0 aliphatic carbocycles. The normalized spacial score (nSPS) is 10.3. The first-order valence-corrected chi connectivity index (χ1v) is 10.8. The molecule has 32 heavy (non-hydrogen) atoms. The zero-order valence-corrected chi connectivity index (χ0v) is 18.6. The van der Waals surface area contributed by atoms with Crippen molar-refractivity contribution in [3.63, 3.8) is 0 Å². The van der Waals surface area contributed by atoms with Crippen LogP contribution in [0.1, 0.15) is 20.7 Å². The number of hydrogen-bond donors (Lipinski definition) is 3. The van der Waals surface area contributed by atoms with Crippen molar-refractivity contribution >= 4 is 50.5 Å². The molecule has 0 saturated carbocycles. The lowest BCUT2D eigenvalue weighted by Crippen LogP contribution is -2.18. The van der Waals surface area contributed by atoms with Gasteiger partial charge in [0.05, 0.1) is 16.8 Å². The third-order valence-corrected chi connectivity index (χ3v) is 5.44. The van der Waals surface area contributed by atoms with Crippen LogP contribution in [0.2, 0.25) is 0 Å². The monoisotopic (exact) mass is 485 g/mol. The number of nitrogens with one attached hydrogen (secondary N) is 3. The summed E-state index contributed by atoms with van der Waals surface area (Å²) in [5.41, 5.74) is 3.85. The lowest BCUT2D eigenvalue weighted by molar-refractivity contribution is 0.102. The molecule has 0 radical (unpaired) electrons. The lowest BCUT2D eigenvalue weighted by Gasteiger charge is -2.13. The predicted molar refractivity (Wildman–Crippen MR) is 133 cm³/mol. The molecule has 0 bridgehead atoms. The van der Waals surface area contributed by atoms with Crippen molar-refractivity contribution in [2.45, 2.75) is 0 Å². The van der Waals surface area contributed by atoms with Crippen molar-refractivity contribution in [2.24, 2.45) is 0 Å². The molecule has 5 nitrogen and oxygen atoms in total. The molecule has 0 heterocycles. The van der Waals surface area contributed by atoms with Gasteiger partial charge in [-0.15, -0.1) is 0 Å². The van der Waals surface area contributed by atoms with Crippen LogP contribution in [0, 0.1) is 0 Å². The minimum Gasteiger partial charge on any atom is -0.356 e. The number of hydrogen-bond acceptors (Lipinski definition) is 3. The summed E-state index contributed by atoms with van der Waals surface area (Å²) in [4.78, 5) is 25.6. The van der Waals surface area contributed by atoms with E-state index in [9.17, 15) is 9.59 Å². The van der Waals surface area contributed by atoms with Gasteiger partial charge in [0, 0.05) is 21.5 Å². The van der Waals surface area contributed by atoms with E-state index in [1.807, 2.05) is 60.7 Å². The number of benzene rings is 4. The Hall–Kier alpha value is -3.90. The van der Waals surface area contributed by atoms with Crippen molar-refractivity contribution in [3.8, 4) is 0 Å². The quantitative estimate of drug-likeness (QED) is 0.284. The highest BCUT2D eigenvalue weighted by Gasteiger charge is 2.15. The van der Waals surface area contributed by atoms with Gasteiger partial charge < -0.3 is 16.0 Å². The van der Waals surface area contributed by atoms with E-state index in [0.29, 0.717) is 27.0 Å². The van der Waals surface area contributed by atoms with E-state index < -0.39 is 0 Å². The van der Waals surface area contributed by atoms with Gasteiger partial charge in [-0.2, -0.15) is 0 Å². The number of rotatable bonds is 6. The summed E-state index contributed by atoms with van der Waals surface area (Å²) >= 11 is 3.38. The van der Waals surface area contributed by atoms with Gasteiger partial charge in [0.2, 0.25) is 0 Å². The smallest absolute Gasteiger partial charge is 0.257 e. The summed E-state index contributed by atoms with van der Waals surface area (Å²) in [7, 11) is 0. The first kappa shape index (κ1) is 21.3. The first-order chi connectivity index (χ1) is 15.6. The van der Waals surface area contributed by atoms with Crippen LogP contribution in [0.15, 0.2) is 108 Å². The topological polar surface area (TPSA) is 70.2 Å². The molecule has 0 aromatic heterocycles. The Morgan fingerprint density at radius 3 is 1.78 bits per heavy atom. The fourth-order valence-electron chi connectivity index (χ4n) is 3.15. The average Bonchev–Trinajstić information content (AvgIpc) is 2.81. The molecule has 0 spiro atoms. The highest BCUT2D eigenvalue weighted by atomic mass is 79.9. The van der Waals surface area contributed by atoms with Crippen LogP contribution >= 0.6 is 15.9 Å². The summed E-state index contributed by atoms with van der Waals surface area (Å²) in [5, 5.41) is 9.02. The molecule has 0 saturated heterocycles. The van der Waals surface area contributed by atoms with Gasteiger partial charge >= 0.3 is 0 Å². The minimum absolute atomic E-state index is 0.297. The van der Waals surface area contributed by atoms with E-state index in [-0.39, 0.29) is 11.8 Å². The van der Waals surface area contributed by atoms with Gasteiger partial charge in [0.1, 0.15) is 0 Å². The van der Waals surface area contributed by atoms with E-state index >= 15 is 0 Å². The van der Waals surface area contributed by atoms with Gasteiger partial charge in [-0.25, -0.2) is 0 Å². The molecule has 4 rings (SSSR count). The van der Waals surface area contributed by atoms with Crippen LogP contribution in [0.5, 0.6) is 0 Å². The largest absolute Gasteiger partial charge is 0.356 e. The zero-order valence-electron chi connectivity index (χ0n) is 17.0. The molecule has 0 atom stereocenters. The maximum absolute atomic E-state index is 12.9. The van der Waals surface area contributed by atoms with Crippen LogP contribution in [0.3, 0.4) is 0 Å². The van der Waals surface area contributed by atoms with Gasteiger partial charge in [0.15, 0.2) is 0 Å². The van der Waals surface area contributed by atoms with Crippen molar-refractivity contribution in [3.05, 3.63) is 119 Å². The summed E-state index contributed by atoms with van der Waals surface area (Å²) in [6.45, 7) is 0. The van der Waals surface area contributed by atoms with Crippen LogP contribution in [-0.4, -0.2) is 11.8 Å². The van der Waals surface area contributed by atoms with Crippen molar-refractivity contribution < 1.29 is 9.59 Å². The molecular formula is C26H20BrN3O2. The Balaban J connectivity index is 1.46. The molecule has 0 aliphatic rings. The number of carbonyl (C=O) groups is 2. The number of para-hydroxylation sites is 2. The lowest BCUT2D eigenvalue weighted by atomic mass is 10.1. The Labute approximate surface area is 194 Å². The Kier molecular flexibility index (Phi) is 6.63. The molecule has 0 unspecified atom stereocenters. The third kappa shape index (κ3) is 5.22. The van der Waals surface area contributed by atoms with Crippen LogP contribution in [-0.2, 0) is 0 Å². The molecule has 6 heteroatoms. The van der Waals surface area contributed by atoms with Crippen molar-refractivity contribution in [2.75, 3.05) is 16.0 Å². The molecular weight excluding hydrogens is 466 g/mol. The van der Waals surface area contributed by atoms with E-state index in [2.05, 4.69) is 31.9 Å². The third-order valence-electron chi connectivity index (χ3n) is 4.74. The maximum Gasteiger partial charge on any atom is 0.257 e. The molecule has 158 valence electrons. The zero-order chi connectivity index (χ0) is 22.3. The Bertz CT molecular complexity index is 1240. The van der Waals surface area contributed by atoms with Crippen molar-refractivity contribution in [1.82, 2.24) is 0 Å². The summed E-state index contributed by atoms with van der Waals surface area (Å²) in [6, 6.07) is 31.3. The molecule has 0 fully saturated rings. The summed E-state index contributed by atoms with van der Waals surface area (Å²) < 4.78 is 0.684. The first-order valence-electron chi connectivity index (χ1n) is 9.98. The second-order valence-corrected chi connectivity index (χ2v) is 7.86. The van der Waals surface area contributed by atoms with E-state index in [1.54, 1.807) is 42.5 Å². The highest BCUT2D eigenvalue weighted by Crippen LogP contribution is 2.23. The fourth-order valence-corrected chi connectivity index (χ4v) is 3.61. The van der Waals surface area contributed by atoms with Crippen molar-refractivity contribution in [1.29, 1.82) is 0 Å². The molecule has 4 aromatic carbocycles. The number of anilines is 4. The Morgan fingerprint density at radius 2 is 1.06 bits per heavy atom. The van der Waals surface area contributed by atoms with Crippen LogP contribution in [0.4, 0.5) is 22.7 Å². The van der Waals surface area contributed by atoms with Gasteiger partial charge in [-0.3, -0.25) is 9.59 Å². The summed E-state index contributed by atoms with van der Waals surface area (Å²) in [6.07, 6.45) is 0. The summed E-state index contributed by atoms with van der Waals surface area (Å²) in [5.74, 6) is -0.606. The minimum atomic E-state index is -0.309. The number of amides is 2. The van der Waals surface area contributed by atoms with Gasteiger partial charge in [-0.05, 0) is 76.6 Å². The molecule has 4 aromatic rings. The SMILES string of the molecule is O=C(Nc1ccccc1C(=O)Nc1ccc(Nc2ccccc2)cc1)c1ccccc1Br. The Morgan fingerprint density at radius 1 is 0.531 bits per heavy atom. The second kappa shape index (κ2) is 9.94. The maximum atomic E-state index is 12.9. The second-order valence-electron chi connectivity index (χ2n) is 7.00. The van der Waals surface area contributed by atoms with Gasteiger partial charge in [0.25, 0.3) is 11.8 Å². The standard InChI is InChI=1S/C26H20BrN3O2/c27-23-12-6-4-10-21(23)25(31)30-24-13-7-5-11-22(24)26(32)29-20-16-14-19(15-17-20)28-18-8-2-1-3-9-18/h1-17,28H,(H,29,32)(H,30,31). The molecule has 2 amide bonds. The molecule has 3 N–H and O–H groups in total. The molecule has 0 aliphatic heterocycles. The predicted octanol–water partition coefficient (Wildman–Crippen LogP) is 6.70. The highest BCUT2D eigenvalue weighted by molar-refractivity contribution is 9.10. The van der Waals surface area contributed by atoms with Crippen LogP contribution in [0.25, 0.3) is 0 Å². The number of halogens is 1.